The number of amides is 1. The molecule has 0 aliphatic heterocycles. The predicted octanol–water partition coefficient (Wildman–Crippen LogP) is -0.00910. The zero-order valence-electron chi connectivity index (χ0n) is 12.9. The first kappa shape index (κ1) is 19.1. The number of terminal acetylenes is 1. The number of hydrogen-bond donors (Lipinski definition) is 2. The van der Waals surface area contributed by atoms with Crippen molar-refractivity contribution in [2.45, 2.75) is 4.90 Å². The summed E-state index contributed by atoms with van der Waals surface area (Å²) in [5, 5.41) is 2.65. The van der Waals surface area contributed by atoms with Crippen molar-refractivity contribution in [2.24, 2.45) is 0 Å². The van der Waals surface area contributed by atoms with Crippen LogP contribution in [0.5, 0.6) is 0 Å². The van der Waals surface area contributed by atoms with E-state index in [1.54, 1.807) is 7.11 Å². The van der Waals surface area contributed by atoms with Crippen molar-refractivity contribution in [1.82, 2.24) is 10.0 Å². The highest BCUT2D eigenvalue weighted by atomic mass is 32.2. The molecule has 0 saturated carbocycles. The van der Waals surface area contributed by atoms with Crippen molar-refractivity contribution in [3.05, 3.63) is 29.8 Å². The number of carbonyl (C=O) groups is 1. The third-order valence-electron chi connectivity index (χ3n) is 2.73. The van der Waals surface area contributed by atoms with E-state index in [2.05, 4.69) is 16.0 Å². The normalized spacial score (nSPS) is 11.0. The van der Waals surface area contributed by atoms with Gasteiger partial charge >= 0.3 is 0 Å². The Labute approximate surface area is 136 Å². The van der Waals surface area contributed by atoms with Crippen molar-refractivity contribution < 1.29 is 22.7 Å². The number of rotatable bonds is 10. The molecule has 0 aromatic heterocycles. The van der Waals surface area contributed by atoms with Crippen LogP contribution in [0.1, 0.15) is 10.4 Å². The summed E-state index contributed by atoms with van der Waals surface area (Å²) in [5.74, 6) is 1.81. The topological polar surface area (TPSA) is 93.7 Å². The van der Waals surface area contributed by atoms with Crippen LogP contribution in [-0.4, -0.2) is 54.3 Å². The summed E-state index contributed by atoms with van der Waals surface area (Å²) < 4.78 is 36.2. The molecule has 126 valence electrons. The molecule has 1 rings (SSSR count). The van der Waals surface area contributed by atoms with Crippen molar-refractivity contribution in [3.63, 3.8) is 0 Å². The Morgan fingerprint density at radius 3 is 2.78 bits per heavy atom. The molecular weight excluding hydrogens is 320 g/mol. The molecule has 0 spiro atoms. The second-order valence-electron chi connectivity index (χ2n) is 4.42. The van der Waals surface area contributed by atoms with E-state index in [0.29, 0.717) is 26.4 Å². The quantitative estimate of drug-likeness (QED) is 0.462. The minimum absolute atomic E-state index is 0.0169. The van der Waals surface area contributed by atoms with Gasteiger partial charge in [-0.3, -0.25) is 4.79 Å². The van der Waals surface area contributed by atoms with Crippen molar-refractivity contribution >= 4 is 15.9 Å². The molecule has 0 aliphatic rings. The first-order valence-electron chi connectivity index (χ1n) is 6.89. The molecule has 0 aliphatic carbocycles. The minimum atomic E-state index is -3.72. The lowest BCUT2D eigenvalue weighted by Crippen LogP contribution is -2.28. The highest BCUT2D eigenvalue weighted by Crippen LogP contribution is 2.11. The van der Waals surface area contributed by atoms with E-state index in [-0.39, 0.29) is 22.9 Å². The average Bonchev–Trinajstić information content (AvgIpc) is 2.56. The van der Waals surface area contributed by atoms with E-state index in [4.69, 9.17) is 15.9 Å². The smallest absolute Gasteiger partial charge is 0.251 e. The number of sulfonamides is 1. The lowest BCUT2D eigenvalue weighted by atomic mass is 10.2. The average molecular weight is 340 g/mol. The molecule has 0 saturated heterocycles. The van der Waals surface area contributed by atoms with Crippen LogP contribution in [0.4, 0.5) is 0 Å². The fourth-order valence-corrected chi connectivity index (χ4v) is 2.59. The highest BCUT2D eigenvalue weighted by molar-refractivity contribution is 7.89. The molecule has 0 fully saturated rings. The van der Waals surface area contributed by atoms with Gasteiger partial charge in [0.1, 0.15) is 0 Å². The molecule has 0 bridgehead atoms. The van der Waals surface area contributed by atoms with Gasteiger partial charge in [0.05, 0.1) is 31.3 Å². The Balaban J connectivity index is 2.59. The maximum atomic E-state index is 12.0. The maximum absolute atomic E-state index is 12.0. The van der Waals surface area contributed by atoms with E-state index < -0.39 is 10.0 Å². The molecule has 2 N–H and O–H groups in total. The first-order valence-corrected chi connectivity index (χ1v) is 8.37. The first-order chi connectivity index (χ1) is 11.0. The monoisotopic (exact) mass is 340 g/mol. The van der Waals surface area contributed by atoms with Gasteiger partial charge in [-0.25, -0.2) is 8.42 Å². The van der Waals surface area contributed by atoms with Gasteiger partial charge in [-0.2, -0.15) is 4.72 Å². The van der Waals surface area contributed by atoms with E-state index >= 15 is 0 Å². The Morgan fingerprint density at radius 1 is 1.30 bits per heavy atom. The van der Waals surface area contributed by atoms with Gasteiger partial charge in [0.25, 0.3) is 5.91 Å². The molecule has 1 aromatic rings. The van der Waals surface area contributed by atoms with Crippen LogP contribution in [0.25, 0.3) is 0 Å². The van der Waals surface area contributed by atoms with Gasteiger partial charge in [-0.05, 0) is 18.2 Å². The van der Waals surface area contributed by atoms with Crippen molar-refractivity contribution in [1.29, 1.82) is 0 Å². The van der Waals surface area contributed by atoms with Gasteiger partial charge in [-0.1, -0.05) is 12.0 Å². The van der Waals surface area contributed by atoms with E-state index in [1.165, 1.54) is 24.3 Å². The summed E-state index contributed by atoms with van der Waals surface area (Å²) in [5.41, 5.74) is 0.241. The van der Waals surface area contributed by atoms with Gasteiger partial charge in [0, 0.05) is 19.2 Å². The SMILES string of the molecule is C#CCNS(=O)(=O)c1cccc(C(=O)NCCOCCOC)c1. The lowest BCUT2D eigenvalue weighted by Gasteiger charge is -2.08. The Bertz CT molecular complexity index is 652. The zero-order chi connectivity index (χ0) is 17.1. The van der Waals surface area contributed by atoms with Gasteiger partial charge in [0.15, 0.2) is 0 Å². The number of benzene rings is 1. The summed E-state index contributed by atoms with van der Waals surface area (Å²) in [6.45, 7) is 1.47. The molecule has 1 amide bonds. The van der Waals surface area contributed by atoms with Crippen molar-refractivity contribution in [3.8, 4) is 12.3 Å². The maximum Gasteiger partial charge on any atom is 0.251 e. The van der Waals surface area contributed by atoms with Crippen molar-refractivity contribution in [2.75, 3.05) is 40.0 Å². The summed E-state index contributed by atoms with van der Waals surface area (Å²) in [6, 6.07) is 5.71. The molecule has 23 heavy (non-hydrogen) atoms. The minimum Gasteiger partial charge on any atom is -0.382 e. The van der Waals surface area contributed by atoms with Crippen LogP contribution in [0.2, 0.25) is 0 Å². The lowest BCUT2D eigenvalue weighted by molar-refractivity contribution is 0.0692. The van der Waals surface area contributed by atoms with Crippen LogP contribution in [0, 0.1) is 12.3 Å². The second kappa shape index (κ2) is 9.97. The number of ether oxygens (including phenoxy) is 2. The van der Waals surface area contributed by atoms with Crippen LogP contribution in [0.3, 0.4) is 0 Å². The zero-order valence-corrected chi connectivity index (χ0v) is 13.7. The summed E-state index contributed by atoms with van der Waals surface area (Å²) >= 11 is 0. The van der Waals surface area contributed by atoms with Crippen LogP contribution in [-0.2, 0) is 19.5 Å². The third-order valence-corrected chi connectivity index (χ3v) is 4.13. The van der Waals surface area contributed by atoms with E-state index in [1.807, 2.05) is 0 Å². The Hall–Kier alpha value is -1.92. The predicted molar refractivity (Wildman–Crippen MR) is 85.5 cm³/mol. The van der Waals surface area contributed by atoms with E-state index in [9.17, 15) is 13.2 Å². The molecule has 0 heterocycles. The standard InChI is InChI=1S/C15H20N2O5S/c1-3-7-17-23(19,20)14-6-4-5-13(12-14)15(18)16-8-9-22-11-10-21-2/h1,4-6,12,17H,7-11H2,2H3,(H,16,18). The summed E-state index contributed by atoms with van der Waals surface area (Å²) in [7, 11) is -2.15. The molecule has 0 unspecified atom stereocenters. The number of hydrogen-bond acceptors (Lipinski definition) is 5. The fraction of sp³-hybridized carbons (Fsp3) is 0.400. The second-order valence-corrected chi connectivity index (χ2v) is 6.18. The number of methoxy groups -OCH3 is 1. The van der Waals surface area contributed by atoms with Gasteiger partial charge in [0.2, 0.25) is 10.0 Å². The number of nitrogens with one attached hydrogen (secondary N) is 2. The molecule has 0 atom stereocenters. The summed E-state index contributed by atoms with van der Waals surface area (Å²) in [6.07, 6.45) is 5.03. The van der Waals surface area contributed by atoms with E-state index in [0.717, 1.165) is 0 Å². The Kier molecular flexibility index (Phi) is 8.29. The fourth-order valence-electron chi connectivity index (χ4n) is 1.61. The molecule has 1 aromatic carbocycles. The third kappa shape index (κ3) is 6.80. The van der Waals surface area contributed by atoms with Crippen LogP contribution >= 0.6 is 0 Å². The van der Waals surface area contributed by atoms with Gasteiger partial charge in [-0.15, -0.1) is 6.42 Å². The molecule has 8 heteroatoms. The molecular formula is C15H20N2O5S. The molecule has 0 radical (unpaired) electrons. The Morgan fingerprint density at radius 2 is 2.09 bits per heavy atom. The largest absolute Gasteiger partial charge is 0.382 e. The number of carbonyl (C=O) groups excluding carboxylic acids is 1. The van der Waals surface area contributed by atoms with Crippen LogP contribution < -0.4 is 10.0 Å². The van der Waals surface area contributed by atoms with Crippen LogP contribution in [0.15, 0.2) is 29.2 Å². The van der Waals surface area contributed by atoms with Gasteiger partial charge < -0.3 is 14.8 Å². The highest BCUT2D eigenvalue weighted by Gasteiger charge is 2.15. The summed E-state index contributed by atoms with van der Waals surface area (Å²) in [4.78, 5) is 12.0. The molecule has 7 nitrogen and oxygen atoms in total.